The highest BCUT2D eigenvalue weighted by atomic mass is 19.1. The van der Waals surface area contributed by atoms with Gasteiger partial charge in [-0.05, 0) is 48.4 Å². The molecule has 164 valence electrons. The molecule has 0 bridgehead atoms. The summed E-state index contributed by atoms with van der Waals surface area (Å²) in [5.41, 5.74) is 7.20. The molecular formula is C22H26FN5O3. The summed E-state index contributed by atoms with van der Waals surface area (Å²) in [5.74, 6) is -1.01. The van der Waals surface area contributed by atoms with Gasteiger partial charge in [-0.2, -0.15) is 0 Å². The third-order valence-electron chi connectivity index (χ3n) is 5.06. The van der Waals surface area contributed by atoms with Crippen molar-refractivity contribution < 1.29 is 18.8 Å². The molecule has 1 saturated heterocycles. The molecule has 9 heteroatoms. The molecule has 1 aliphatic heterocycles. The largest absolute Gasteiger partial charge is 0.366 e. The summed E-state index contributed by atoms with van der Waals surface area (Å²) in [4.78, 5) is 39.5. The Morgan fingerprint density at radius 2 is 1.71 bits per heavy atom. The molecule has 0 radical (unpaired) electrons. The highest BCUT2D eigenvalue weighted by molar-refractivity contribution is 5.93. The van der Waals surface area contributed by atoms with Crippen molar-refractivity contribution in [1.29, 1.82) is 0 Å². The molecular weight excluding hydrogens is 401 g/mol. The first-order valence-corrected chi connectivity index (χ1v) is 10.1. The van der Waals surface area contributed by atoms with Crippen molar-refractivity contribution in [3.63, 3.8) is 0 Å². The summed E-state index contributed by atoms with van der Waals surface area (Å²) in [7, 11) is 0. The number of carbonyl (C=O) groups is 3. The van der Waals surface area contributed by atoms with Crippen molar-refractivity contribution in [2.75, 3.05) is 44.6 Å². The van der Waals surface area contributed by atoms with Gasteiger partial charge in [0.05, 0.1) is 6.54 Å². The topological polar surface area (TPSA) is 108 Å². The third kappa shape index (κ3) is 6.78. The molecule has 0 saturated carbocycles. The highest BCUT2D eigenvalue weighted by Gasteiger charge is 2.22. The Hall–Kier alpha value is -3.46. The molecule has 0 atom stereocenters. The van der Waals surface area contributed by atoms with Gasteiger partial charge in [0.2, 0.25) is 11.8 Å². The van der Waals surface area contributed by atoms with Crippen LogP contribution >= 0.6 is 0 Å². The number of hydrogen-bond acceptors (Lipinski definition) is 4. The van der Waals surface area contributed by atoms with E-state index in [1.807, 2.05) is 11.0 Å². The van der Waals surface area contributed by atoms with E-state index < -0.39 is 5.91 Å². The van der Waals surface area contributed by atoms with Gasteiger partial charge in [-0.1, -0.05) is 12.1 Å². The predicted molar refractivity (Wildman–Crippen MR) is 115 cm³/mol. The van der Waals surface area contributed by atoms with Crippen molar-refractivity contribution in [3.05, 3.63) is 65.5 Å². The minimum Gasteiger partial charge on any atom is -0.366 e. The van der Waals surface area contributed by atoms with E-state index in [0.717, 1.165) is 5.56 Å². The number of carbonyl (C=O) groups excluding carboxylic acids is 3. The zero-order valence-corrected chi connectivity index (χ0v) is 17.1. The second-order valence-electron chi connectivity index (χ2n) is 7.36. The molecule has 2 aromatic carbocycles. The number of hydrogen-bond donors (Lipinski definition) is 3. The Labute approximate surface area is 180 Å². The molecule has 4 amide bonds. The molecule has 8 nitrogen and oxygen atoms in total. The predicted octanol–water partition coefficient (Wildman–Crippen LogP) is 1.43. The molecule has 0 aromatic heterocycles. The first-order chi connectivity index (χ1) is 14.9. The van der Waals surface area contributed by atoms with Crippen LogP contribution in [0.4, 0.5) is 14.9 Å². The van der Waals surface area contributed by atoms with Crippen LogP contribution in [0.1, 0.15) is 15.9 Å². The van der Waals surface area contributed by atoms with Gasteiger partial charge in [-0.15, -0.1) is 0 Å². The van der Waals surface area contributed by atoms with Crippen LogP contribution in [0.15, 0.2) is 48.5 Å². The zero-order chi connectivity index (χ0) is 22.2. The van der Waals surface area contributed by atoms with Crippen molar-refractivity contribution in [3.8, 4) is 0 Å². The van der Waals surface area contributed by atoms with Crippen molar-refractivity contribution >= 4 is 23.5 Å². The Morgan fingerprint density at radius 3 is 2.39 bits per heavy atom. The molecule has 1 fully saturated rings. The Bertz CT molecular complexity index is 927. The van der Waals surface area contributed by atoms with Gasteiger partial charge >= 0.3 is 6.03 Å². The van der Waals surface area contributed by atoms with Gasteiger partial charge < -0.3 is 21.3 Å². The van der Waals surface area contributed by atoms with E-state index in [1.165, 1.54) is 24.3 Å². The molecule has 1 aliphatic rings. The van der Waals surface area contributed by atoms with Crippen LogP contribution in [-0.4, -0.2) is 66.9 Å². The van der Waals surface area contributed by atoms with Gasteiger partial charge in [0.15, 0.2) is 0 Å². The highest BCUT2D eigenvalue weighted by Crippen LogP contribution is 2.09. The summed E-state index contributed by atoms with van der Waals surface area (Å²) in [5, 5.41) is 5.62. The maximum Gasteiger partial charge on any atom is 0.317 e. The van der Waals surface area contributed by atoms with Crippen LogP contribution < -0.4 is 16.4 Å². The Kier molecular flexibility index (Phi) is 7.55. The fourth-order valence-corrected chi connectivity index (χ4v) is 3.35. The number of primary amides is 1. The lowest BCUT2D eigenvalue weighted by Gasteiger charge is -2.34. The van der Waals surface area contributed by atoms with E-state index in [4.69, 9.17) is 5.73 Å². The Balaban J connectivity index is 1.36. The van der Waals surface area contributed by atoms with Gasteiger partial charge in [0, 0.05) is 44.0 Å². The monoisotopic (exact) mass is 427 g/mol. The van der Waals surface area contributed by atoms with E-state index in [-0.39, 0.29) is 24.3 Å². The number of rotatable bonds is 7. The van der Waals surface area contributed by atoms with Crippen molar-refractivity contribution in [2.24, 2.45) is 5.73 Å². The summed E-state index contributed by atoms with van der Waals surface area (Å²) in [6, 6.07) is 12.5. The normalized spacial score (nSPS) is 14.2. The average Bonchev–Trinajstić information content (AvgIpc) is 2.76. The van der Waals surface area contributed by atoms with Gasteiger partial charge in [0.25, 0.3) is 0 Å². The number of nitrogens with two attached hydrogens (primary N) is 1. The summed E-state index contributed by atoms with van der Waals surface area (Å²) < 4.78 is 12.9. The number of urea groups is 1. The average molecular weight is 427 g/mol. The van der Waals surface area contributed by atoms with Crippen LogP contribution in [0.5, 0.6) is 0 Å². The van der Waals surface area contributed by atoms with E-state index in [9.17, 15) is 18.8 Å². The molecule has 0 unspecified atom stereocenters. The minimum atomic E-state index is -0.477. The van der Waals surface area contributed by atoms with Crippen molar-refractivity contribution in [2.45, 2.75) is 6.42 Å². The second-order valence-corrected chi connectivity index (χ2v) is 7.36. The minimum absolute atomic E-state index is 0.151. The number of piperazine rings is 1. The summed E-state index contributed by atoms with van der Waals surface area (Å²) >= 11 is 0. The first-order valence-electron chi connectivity index (χ1n) is 10.1. The molecule has 2 aromatic rings. The van der Waals surface area contributed by atoms with Gasteiger partial charge in [-0.25, -0.2) is 9.18 Å². The maximum absolute atomic E-state index is 12.9. The molecule has 31 heavy (non-hydrogen) atoms. The van der Waals surface area contributed by atoms with E-state index >= 15 is 0 Å². The van der Waals surface area contributed by atoms with E-state index in [0.29, 0.717) is 50.4 Å². The molecule has 0 spiro atoms. The Morgan fingerprint density at radius 1 is 1.00 bits per heavy atom. The quantitative estimate of drug-likeness (QED) is 0.621. The number of benzene rings is 2. The van der Waals surface area contributed by atoms with Crippen LogP contribution in [0, 0.1) is 5.82 Å². The van der Waals surface area contributed by atoms with Crippen LogP contribution in [0.2, 0.25) is 0 Å². The van der Waals surface area contributed by atoms with E-state index in [2.05, 4.69) is 10.6 Å². The third-order valence-corrected chi connectivity index (χ3v) is 5.06. The van der Waals surface area contributed by atoms with Gasteiger partial charge in [-0.3, -0.25) is 14.5 Å². The van der Waals surface area contributed by atoms with E-state index in [1.54, 1.807) is 23.1 Å². The lowest BCUT2D eigenvalue weighted by Crippen LogP contribution is -2.53. The molecule has 4 N–H and O–H groups in total. The number of halogens is 1. The molecule has 3 rings (SSSR count). The standard InChI is InChI=1S/C22H26FN5O3/c23-18-4-6-19(7-5-18)26-20(29)15-27-10-12-28(13-11-27)22(31)25-9-8-16-2-1-3-17(14-16)21(24)30/h1-7,14H,8-13,15H2,(H2,24,30)(H,25,31)(H,26,29). The number of amides is 4. The van der Waals surface area contributed by atoms with Crippen LogP contribution in [0.3, 0.4) is 0 Å². The fraction of sp³-hybridized carbons (Fsp3) is 0.318. The second kappa shape index (κ2) is 10.5. The SMILES string of the molecule is NC(=O)c1cccc(CCNC(=O)N2CCN(CC(=O)Nc3ccc(F)cc3)CC2)c1. The van der Waals surface area contributed by atoms with Crippen LogP contribution in [-0.2, 0) is 11.2 Å². The zero-order valence-electron chi connectivity index (χ0n) is 17.1. The molecule has 1 heterocycles. The smallest absolute Gasteiger partial charge is 0.317 e. The maximum atomic E-state index is 12.9. The fourth-order valence-electron chi connectivity index (χ4n) is 3.35. The lowest BCUT2D eigenvalue weighted by molar-refractivity contribution is -0.117. The van der Waals surface area contributed by atoms with Crippen molar-refractivity contribution in [1.82, 2.24) is 15.1 Å². The molecule has 0 aliphatic carbocycles. The number of nitrogens with one attached hydrogen (secondary N) is 2. The lowest BCUT2D eigenvalue weighted by atomic mass is 10.1. The summed E-state index contributed by atoms with van der Waals surface area (Å²) in [6.07, 6.45) is 0.594. The number of anilines is 1. The number of nitrogens with zero attached hydrogens (tertiary/aromatic N) is 2. The summed E-state index contributed by atoms with van der Waals surface area (Å²) in [6.45, 7) is 2.87. The van der Waals surface area contributed by atoms with Gasteiger partial charge in [0.1, 0.15) is 5.82 Å². The first kappa shape index (κ1) is 22.2. The van der Waals surface area contributed by atoms with Crippen LogP contribution in [0.25, 0.3) is 0 Å².